The second-order valence-electron chi connectivity index (χ2n) is 5.19. The van der Waals surface area contributed by atoms with Crippen molar-refractivity contribution in [2.24, 2.45) is 5.10 Å². The Kier molecular flexibility index (Phi) is 5.69. The van der Waals surface area contributed by atoms with E-state index in [1.807, 2.05) is 36.6 Å². The van der Waals surface area contributed by atoms with Crippen molar-refractivity contribution in [3.05, 3.63) is 57.9 Å². The van der Waals surface area contributed by atoms with Gasteiger partial charge in [-0.15, -0.1) is 11.3 Å². The monoisotopic (exact) mass is 373 g/mol. The molecule has 0 aliphatic carbocycles. The van der Waals surface area contributed by atoms with Gasteiger partial charge in [0.25, 0.3) is 0 Å². The molecule has 3 rings (SSSR count). The van der Waals surface area contributed by atoms with E-state index in [9.17, 15) is 4.39 Å². The average Bonchev–Trinajstić information content (AvgIpc) is 3.07. The van der Waals surface area contributed by atoms with Crippen molar-refractivity contribution in [2.45, 2.75) is 13.5 Å². The highest BCUT2D eigenvalue weighted by Crippen LogP contribution is 2.17. The van der Waals surface area contributed by atoms with E-state index in [-0.39, 0.29) is 18.4 Å². The van der Waals surface area contributed by atoms with Crippen molar-refractivity contribution in [2.75, 3.05) is 12.5 Å². The van der Waals surface area contributed by atoms with Crippen LogP contribution in [-0.2, 0) is 6.61 Å². The summed E-state index contributed by atoms with van der Waals surface area (Å²) in [7, 11) is 1.59. The summed E-state index contributed by atoms with van der Waals surface area (Å²) in [6, 6.07) is 7.44. The zero-order valence-corrected chi connectivity index (χ0v) is 15.0. The summed E-state index contributed by atoms with van der Waals surface area (Å²) in [4.78, 5) is 12.0. The zero-order chi connectivity index (χ0) is 18.4. The largest absolute Gasteiger partial charge is 0.497 e. The first-order valence-electron chi connectivity index (χ1n) is 7.63. The summed E-state index contributed by atoms with van der Waals surface area (Å²) in [5.41, 5.74) is 4.32. The Hall–Kier alpha value is -3.07. The lowest BCUT2D eigenvalue weighted by Crippen LogP contribution is -2.04. The number of rotatable bonds is 7. The summed E-state index contributed by atoms with van der Waals surface area (Å²) in [5, 5.41) is 6.55. The molecule has 1 aromatic carbocycles. The Balaban J connectivity index is 1.64. The predicted octanol–water partition coefficient (Wildman–Crippen LogP) is 3.41. The first-order valence-corrected chi connectivity index (χ1v) is 8.51. The minimum Gasteiger partial charge on any atom is -0.497 e. The molecule has 9 heteroatoms. The minimum atomic E-state index is -0.633. The molecule has 0 fully saturated rings. The molecule has 0 aliphatic heterocycles. The summed E-state index contributed by atoms with van der Waals surface area (Å²) in [6.45, 7) is 2.11. The quantitative estimate of drug-likeness (QED) is 0.505. The van der Waals surface area contributed by atoms with Gasteiger partial charge in [0.15, 0.2) is 11.6 Å². The van der Waals surface area contributed by atoms with Crippen LogP contribution >= 0.6 is 11.3 Å². The number of hydrazone groups is 1. The normalized spacial score (nSPS) is 10.9. The number of hydrogen-bond donors (Lipinski definition) is 1. The number of aryl methyl sites for hydroxylation is 1. The van der Waals surface area contributed by atoms with E-state index < -0.39 is 5.82 Å². The van der Waals surface area contributed by atoms with Crippen molar-refractivity contribution in [3.63, 3.8) is 0 Å². The zero-order valence-electron chi connectivity index (χ0n) is 14.1. The van der Waals surface area contributed by atoms with Crippen molar-refractivity contribution in [1.29, 1.82) is 0 Å². The number of hydrogen-bond acceptors (Lipinski definition) is 8. The summed E-state index contributed by atoms with van der Waals surface area (Å²) in [6.07, 6.45) is 2.52. The maximum atomic E-state index is 13.8. The second kappa shape index (κ2) is 8.34. The highest BCUT2D eigenvalue weighted by atomic mass is 32.1. The molecule has 0 atom stereocenters. The van der Waals surface area contributed by atoms with Gasteiger partial charge in [-0.3, -0.25) is 5.43 Å². The third kappa shape index (κ3) is 4.73. The van der Waals surface area contributed by atoms with Crippen LogP contribution in [-0.4, -0.2) is 28.3 Å². The first-order chi connectivity index (χ1) is 12.6. The van der Waals surface area contributed by atoms with E-state index >= 15 is 0 Å². The molecule has 2 aromatic heterocycles. The fourth-order valence-corrected chi connectivity index (χ4v) is 2.64. The number of methoxy groups -OCH3 is 1. The van der Waals surface area contributed by atoms with Crippen LogP contribution in [0, 0.1) is 12.7 Å². The number of thiazole rings is 1. The van der Waals surface area contributed by atoms with Gasteiger partial charge in [-0.25, -0.2) is 14.4 Å². The SMILES string of the molecule is COc1cccc(COc2ncc(F)c(N/N=C/c3nc(C)cs3)n2)c1. The highest BCUT2D eigenvalue weighted by Gasteiger charge is 2.08. The number of nitrogens with one attached hydrogen (secondary N) is 1. The Morgan fingerprint density at radius 1 is 1.35 bits per heavy atom. The molecular weight excluding hydrogens is 357 g/mol. The third-order valence-corrected chi connectivity index (χ3v) is 4.10. The van der Waals surface area contributed by atoms with Crippen molar-refractivity contribution >= 4 is 23.4 Å². The molecule has 1 N–H and O–H groups in total. The number of ether oxygens (including phenoxy) is 2. The Morgan fingerprint density at radius 3 is 3.00 bits per heavy atom. The number of anilines is 1. The fraction of sp³-hybridized carbons (Fsp3) is 0.176. The van der Waals surface area contributed by atoms with Gasteiger partial charge < -0.3 is 9.47 Å². The van der Waals surface area contributed by atoms with Gasteiger partial charge in [-0.05, 0) is 24.6 Å². The highest BCUT2D eigenvalue weighted by molar-refractivity contribution is 7.11. The van der Waals surface area contributed by atoms with Gasteiger partial charge in [0, 0.05) is 11.1 Å². The van der Waals surface area contributed by atoms with E-state index in [1.54, 1.807) is 7.11 Å². The molecule has 0 unspecified atom stereocenters. The van der Waals surface area contributed by atoms with Crippen LogP contribution in [0.3, 0.4) is 0 Å². The number of benzene rings is 1. The van der Waals surface area contributed by atoms with Gasteiger partial charge in [-0.2, -0.15) is 10.1 Å². The van der Waals surface area contributed by atoms with Crippen LogP contribution in [0.4, 0.5) is 10.2 Å². The third-order valence-electron chi connectivity index (χ3n) is 3.21. The molecule has 0 spiro atoms. The number of nitrogens with zero attached hydrogens (tertiary/aromatic N) is 4. The molecule has 0 aliphatic rings. The standard InChI is InChI=1S/C17H16FN5O2S/c1-11-10-26-15(21-11)8-20-23-16-14(18)7-19-17(22-16)25-9-12-4-3-5-13(6-12)24-2/h3-8,10H,9H2,1-2H3,(H,19,22,23)/b20-8+. The van der Waals surface area contributed by atoms with Crippen LogP contribution in [0.5, 0.6) is 11.8 Å². The molecule has 0 saturated carbocycles. The molecule has 0 bridgehead atoms. The maximum Gasteiger partial charge on any atom is 0.318 e. The molecule has 2 heterocycles. The fourth-order valence-electron chi connectivity index (χ4n) is 1.99. The first kappa shape index (κ1) is 17.7. The van der Waals surface area contributed by atoms with E-state index in [0.717, 1.165) is 23.2 Å². The summed E-state index contributed by atoms with van der Waals surface area (Å²) in [5.74, 6) is 0.0108. The van der Waals surface area contributed by atoms with Gasteiger partial charge in [0.05, 0.1) is 19.5 Å². The van der Waals surface area contributed by atoms with Crippen LogP contribution in [0.25, 0.3) is 0 Å². The Morgan fingerprint density at radius 2 is 2.23 bits per heavy atom. The number of aromatic nitrogens is 3. The van der Waals surface area contributed by atoms with Crippen LogP contribution in [0.2, 0.25) is 0 Å². The molecule has 0 radical (unpaired) electrons. The van der Waals surface area contributed by atoms with E-state index in [2.05, 4.69) is 25.5 Å². The molecule has 0 amide bonds. The maximum absolute atomic E-state index is 13.8. The predicted molar refractivity (Wildman–Crippen MR) is 97.4 cm³/mol. The van der Waals surface area contributed by atoms with Crippen LogP contribution in [0.15, 0.2) is 40.9 Å². The van der Waals surface area contributed by atoms with Crippen molar-refractivity contribution in [1.82, 2.24) is 15.0 Å². The molecule has 134 valence electrons. The lowest BCUT2D eigenvalue weighted by atomic mass is 10.2. The molecular formula is C17H16FN5O2S. The van der Waals surface area contributed by atoms with Gasteiger partial charge >= 0.3 is 6.01 Å². The topological polar surface area (TPSA) is 81.5 Å². The number of halogens is 1. The molecule has 0 saturated heterocycles. The van der Waals surface area contributed by atoms with E-state index in [0.29, 0.717) is 5.01 Å². The van der Waals surface area contributed by atoms with Crippen molar-refractivity contribution in [3.8, 4) is 11.8 Å². The second-order valence-corrected chi connectivity index (χ2v) is 6.08. The van der Waals surface area contributed by atoms with E-state index in [4.69, 9.17) is 9.47 Å². The van der Waals surface area contributed by atoms with Crippen LogP contribution < -0.4 is 14.9 Å². The molecule has 26 heavy (non-hydrogen) atoms. The molecule has 7 nitrogen and oxygen atoms in total. The van der Waals surface area contributed by atoms with Gasteiger partial charge in [0.1, 0.15) is 17.4 Å². The molecule has 3 aromatic rings. The average molecular weight is 373 g/mol. The Labute approximate surface area is 153 Å². The van der Waals surface area contributed by atoms with E-state index in [1.165, 1.54) is 17.6 Å². The van der Waals surface area contributed by atoms with Gasteiger partial charge in [0.2, 0.25) is 0 Å². The smallest absolute Gasteiger partial charge is 0.318 e. The Bertz CT molecular complexity index is 916. The van der Waals surface area contributed by atoms with Crippen LogP contribution in [0.1, 0.15) is 16.3 Å². The van der Waals surface area contributed by atoms with Crippen molar-refractivity contribution < 1.29 is 13.9 Å². The minimum absolute atomic E-state index is 0.0389. The lowest BCUT2D eigenvalue weighted by Gasteiger charge is -2.07. The summed E-state index contributed by atoms with van der Waals surface area (Å²) >= 11 is 1.44. The summed E-state index contributed by atoms with van der Waals surface area (Å²) < 4.78 is 24.5. The van der Waals surface area contributed by atoms with Gasteiger partial charge in [-0.1, -0.05) is 12.1 Å². The lowest BCUT2D eigenvalue weighted by molar-refractivity contribution is 0.279.